The Morgan fingerprint density at radius 3 is 2.70 bits per heavy atom. The third-order valence-electron chi connectivity index (χ3n) is 5.75. The van der Waals surface area contributed by atoms with E-state index in [4.69, 9.17) is 0 Å². The maximum absolute atomic E-state index is 13.0. The van der Waals surface area contributed by atoms with Crippen LogP contribution in [0.5, 0.6) is 0 Å². The summed E-state index contributed by atoms with van der Waals surface area (Å²) in [6.45, 7) is 7.36. The maximum Gasteiger partial charge on any atom is 0.275 e. The highest BCUT2D eigenvalue weighted by molar-refractivity contribution is 6.10. The summed E-state index contributed by atoms with van der Waals surface area (Å²) in [5.41, 5.74) is 4.24. The van der Waals surface area contributed by atoms with Crippen molar-refractivity contribution in [3.8, 4) is 11.3 Å². The number of nitrogens with one attached hydrogen (secondary N) is 1. The minimum atomic E-state index is -0.448. The molecule has 4 aromatic rings. The number of carbonyl (C=O) groups is 2. The summed E-state index contributed by atoms with van der Waals surface area (Å²) in [7, 11) is 1.64. The van der Waals surface area contributed by atoms with Gasteiger partial charge in [-0.25, -0.2) is 4.98 Å². The molecule has 1 aliphatic heterocycles. The molecule has 5 rings (SSSR count). The van der Waals surface area contributed by atoms with Crippen LogP contribution in [0.1, 0.15) is 39.8 Å². The molecule has 0 atom stereocenters. The van der Waals surface area contributed by atoms with Crippen LogP contribution < -0.4 is 5.32 Å². The van der Waals surface area contributed by atoms with Crippen LogP contribution in [0.25, 0.3) is 22.6 Å². The number of anilines is 1. The van der Waals surface area contributed by atoms with E-state index in [-0.39, 0.29) is 17.2 Å². The SMILES string of the molecule is C=C(C)c1cccc(-c2cn3ccc(NC(=O)c4c(C(=O)N5CCC5)cnn4C)nc3n2)c1. The number of imidazole rings is 1. The predicted molar refractivity (Wildman–Crippen MR) is 125 cm³/mol. The summed E-state index contributed by atoms with van der Waals surface area (Å²) >= 11 is 0. The van der Waals surface area contributed by atoms with Crippen molar-refractivity contribution < 1.29 is 9.59 Å². The number of hydrogen-bond acceptors (Lipinski definition) is 5. The molecule has 0 unspecified atom stereocenters. The normalized spacial score (nSPS) is 13.1. The quantitative estimate of drug-likeness (QED) is 0.513. The van der Waals surface area contributed by atoms with Crippen molar-refractivity contribution >= 4 is 29.0 Å². The highest BCUT2D eigenvalue weighted by Gasteiger charge is 2.28. The Bertz CT molecular complexity index is 1410. The molecule has 1 fully saturated rings. The molecule has 1 N–H and O–H groups in total. The predicted octanol–water partition coefficient (Wildman–Crippen LogP) is 3.26. The highest BCUT2D eigenvalue weighted by atomic mass is 16.2. The zero-order valence-electron chi connectivity index (χ0n) is 18.4. The molecule has 1 aliphatic rings. The average Bonchev–Trinajstić information content (AvgIpc) is 3.35. The number of likely N-dealkylation sites (tertiary alicyclic amines) is 1. The van der Waals surface area contributed by atoms with Gasteiger partial charge >= 0.3 is 0 Å². The molecule has 0 spiro atoms. The minimum Gasteiger partial charge on any atom is -0.338 e. The summed E-state index contributed by atoms with van der Waals surface area (Å²) in [6, 6.07) is 9.68. The van der Waals surface area contributed by atoms with Gasteiger partial charge in [0.25, 0.3) is 11.8 Å². The maximum atomic E-state index is 13.0. The number of carbonyl (C=O) groups excluding carboxylic acids is 2. The number of rotatable bonds is 5. The van der Waals surface area contributed by atoms with E-state index in [1.165, 1.54) is 10.9 Å². The largest absolute Gasteiger partial charge is 0.338 e. The van der Waals surface area contributed by atoms with Gasteiger partial charge in [-0.2, -0.15) is 10.1 Å². The molecule has 0 bridgehead atoms. The van der Waals surface area contributed by atoms with E-state index in [1.807, 2.05) is 37.4 Å². The first-order chi connectivity index (χ1) is 15.9. The molecule has 1 aromatic carbocycles. The number of hydrogen-bond donors (Lipinski definition) is 1. The van der Waals surface area contributed by atoms with Crippen molar-refractivity contribution in [3.05, 3.63) is 72.3 Å². The fraction of sp³-hybridized carbons (Fsp3) is 0.208. The van der Waals surface area contributed by atoms with Gasteiger partial charge in [0.05, 0.1) is 17.5 Å². The number of aryl methyl sites for hydroxylation is 1. The first kappa shape index (κ1) is 20.6. The topological polar surface area (TPSA) is 97.4 Å². The van der Waals surface area contributed by atoms with Gasteiger partial charge in [0.2, 0.25) is 5.78 Å². The van der Waals surface area contributed by atoms with E-state index < -0.39 is 5.91 Å². The number of amides is 2. The molecule has 0 radical (unpaired) electrons. The van der Waals surface area contributed by atoms with E-state index in [0.29, 0.717) is 24.7 Å². The van der Waals surface area contributed by atoms with E-state index >= 15 is 0 Å². The van der Waals surface area contributed by atoms with Crippen molar-refractivity contribution in [2.45, 2.75) is 13.3 Å². The number of aromatic nitrogens is 5. The van der Waals surface area contributed by atoms with Gasteiger partial charge in [-0.1, -0.05) is 30.4 Å². The summed E-state index contributed by atoms with van der Waals surface area (Å²) in [5.74, 6) is 0.156. The Hall–Kier alpha value is -4.27. The van der Waals surface area contributed by atoms with Gasteiger partial charge < -0.3 is 10.2 Å². The van der Waals surface area contributed by atoms with Crippen LogP contribution in [0, 0.1) is 0 Å². The van der Waals surface area contributed by atoms with Gasteiger partial charge in [0.15, 0.2) is 0 Å². The first-order valence-electron chi connectivity index (χ1n) is 10.7. The molecular formula is C24H23N7O2. The Morgan fingerprint density at radius 1 is 1.15 bits per heavy atom. The first-order valence-corrected chi connectivity index (χ1v) is 10.7. The lowest BCUT2D eigenvalue weighted by Crippen LogP contribution is -2.42. The Labute approximate surface area is 190 Å². The molecule has 0 saturated carbocycles. The van der Waals surface area contributed by atoms with Gasteiger partial charge in [-0.15, -0.1) is 0 Å². The second kappa shape index (κ2) is 8.01. The Kier molecular flexibility index (Phi) is 5.01. The lowest BCUT2D eigenvalue weighted by molar-refractivity contribution is 0.0648. The smallest absolute Gasteiger partial charge is 0.275 e. The van der Waals surface area contributed by atoms with Crippen LogP contribution in [0.3, 0.4) is 0 Å². The summed E-state index contributed by atoms with van der Waals surface area (Å²) in [5, 5.41) is 6.89. The minimum absolute atomic E-state index is 0.183. The molecule has 166 valence electrons. The highest BCUT2D eigenvalue weighted by Crippen LogP contribution is 2.23. The van der Waals surface area contributed by atoms with Gasteiger partial charge in [0.1, 0.15) is 11.5 Å². The molecule has 3 aromatic heterocycles. The number of nitrogens with zero attached hydrogens (tertiary/aromatic N) is 6. The lowest BCUT2D eigenvalue weighted by atomic mass is 10.0. The molecule has 33 heavy (non-hydrogen) atoms. The van der Waals surface area contributed by atoms with Crippen LogP contribution in [0.4, 0.5) is 5.82 Å². The van der Waals surface area contributed by atoms with Crippen LogP contribution in [-0.2, 0) is 7.05 Å². The zero-order chi connectivity index (χ0) is 23.1. The molecule has 2 amide bonds. The van der Waals surface area contributed by atoms with Crippen molar-refractivity contribution in [2.75, 3.05) is 18.4 Å². The molecule has 4 heterocycles. The summed E-state index contributed by atoms with van der Waals surface area (Å²) in [4.78, 5) is 36.4. The van der Waals surface area contributed by atoms with Gasteiger partial charge in [0, 0.05) is 38.1 Å². The van der Waals surface area contributed by atoms with Crippen LogP contribution in [0.15, 0.2) is 55.5 Å². The number of benzene rings is 1. The molecule has 1 saturated heterocycles. The molecule has 9 heteroatoms. The Morgan fingerprint density at radius 2 is 1.97 bits per heavy atom. The van der Waals surface area contributed by atoms with Gasteiger partial charge in [-0.05, 0) is 31.0 Å². The van der Waals surface area contributed by atoms with E-state index in [0.717, 1.165) is 28.8 Å². The van der Waals surface area contributed by atoms with Crippen molar-refractivity contribution in [1.82, 2.24) is 29.0 Å². The third kappa shape index (κ3) is 3.78. The second-order valence-electron chi connectivity index (χ2n) is 8.14. The third-order valence-corrected chi connectivity index (χ3v) is 5.75. The molecular weight excluding hydrogens is 418 g/mol. The second-order valence-corrected chi connectivity index (χ2v) is 8.14. The van der Waals surface area contributed by atoms with Crippen LogP contribution in [0.2, 0.25) is 0 Å². The van der Waals surface area contributed by atoms with Crippen molar-refractivity contribution in [2.24, 2.45) is 7.05 Å². The Balaban J connectivity index is 1.41. The van der Waals surface area contributed by atoms with Crippen LogP contribution in [-0.4, -0.2) is 54.0 Å². The fourth-order valence-corrected chi connectivity index (χ4v) is 3.75. The average molecular weight is 441 g/mol. The van der Waals surface area contributed by atoms with E-state index in [1.54, 1.807) is 28.6 Å². The van der Waals surface area contributed by atoms with Gasteiger partial charge in [-0.3, -0.25) is 18.7 Å². The standard InChI is InChI=1S/C24H23N7O2/c1-15(2)16-6-4-7-17(12-16)19-14-31-11-8-20(28-24(31)26-19)27-22(32)21-18(13-25-29(21)3)23(33)30-9-5-10-30/h4,6-8,11-14H,1,5,9-10H2,2-3H3,(H,26,27,28,32). The van der Waals surface area contributed by atoms with E-state index in [2.05, 4.69) is 27.0 Å². The zero-order valence-corrected chi connectivity index (χ0v) is 18.4. The number of allylic oxidation sites excluding steroid dienone is 1. The number of fused-ring (bicyclic) bond motifs is 1. The van der Waals surface area contributed by atoms with E-state index in [9.17, 15) is 9.59 Å². The fourth-order valence-electron chi connectivity index (χ4n) is 3.75. The summed E-state index contributed by atoms with van der Waals surface area (Å²) in [6.07, 6.45) is 6.08. The van der Waals surface area contributed by atoms with Crippen molar-refractivity contribution in [3.63, 3.8) is 0 Å². The monoisotopic (exact) mass is 441 g/mol. The summed E-state index contributed by atoms with van der Waals surface area (Å²) < 4.78 is 3.20. The van der Waals surface area contributed by atoms with Crippen molar-refractivity contribution in [1.29, 1.82) is 0 Å². The molecule has 9 nitrogen and oxygen atoms in total. The lowest BCUT2D eigenvalue weighted by Gasteiger charge is -2.30. The molecule has 0 aliphatic carbocycles. The van der Waals surface area contributed by atoms with Crippen LogP contribution >= 0.6 is 0 Å².